The number of non-ortho nitro benzene ring substituents is 3. The largest absolute Gasteiger partial charge is 0.284 e. The van der Waals surface area contributed by atoms with Gasteiger partial charge in [-0.25, -0.2) is 0 Å². The molecular weight excluding hydrogens is 722 g/mol. The average molecular weight is 762 g/mol. The van der Waals surface area contributed by atoms with E-state index < -0.39 is 35.7 Å². The van der Waals surface area contributed by atoms with Crippen LogP contribution in [0, 0.1) is 81.5 Å². The van der Waals surface area contributed by atoms with Gasteiger partial charge in [0.2, 0.25) is 0 Å². The van der Waals surface area contributed by atoms with Crippen LogP contribution in [0.4, 0.5) is 22.7 Å². The quantitative estimate of drug-likeness (QED) is 0.111. The summed E-state index contributed by atoms with van der Waals surface area (Å²) < 4.78 is 0. The van der Waals surface area contributed by atoms with Crippen LogP contribution in [0.5, 0.6) is 0 Å². The molecule has 4 aromatic carbocycles. The van der Waals surface area contributed by atoms with Gasteiger partial charge in [-0.3, -0.25) is 65.7 Å². The summed E-state index contributed by atoms with van der Waals surface area (Å²) in [5.41, 5.74) is 0.612. The Bertz CT molecular complexity index is 2080. The minimum Gasteiger partial charge on any atom is -0.264 e. The average Bonchev–Trinajstić information content (AvgIpc) is 3.12. The summed E-state index contributed by atoms with van der Waals surface area (Å²) in [7, 11) is 0. The molecule has 0 fully saturated rings. The van der Waals surface area contributed by atoms with Crippen LogP contribution in [0.2, 0.25) is 0 Å². The van der Waals surface area contributed by atoms with Crippen LogP contribution in [-0.4, -0.2) is 45.6 Å². The second-order valence-electron chi connectivity index (χ2n) is 12.4. The van der Waals surface area contributed by atoms with E-state index in [1.165, 1.54) is 58.0 Å². The molecule has 1 heterocycles. The minimum absolute atomic E-state index is 0.102. The molecule has 0 aliphatic rings. The fourth-order valence-corrected chi connectivity index (χ4v) is 4.00. The van der Waals surface area contributed by atoms with Gasteiger partial charge >= 0.3 is 0 Å². The number of nitro groups is 6. The van der Waals surface area contributed by atoms with Crippen molar-refractivity contribution in [2.75, 3.05) is 0 Å². The van der Waals surface area contributed by atoms with Crippen molar-refractivity contribution in [1.29, 1.82) is 0 Å². The molecule has 0 aliphatic heterocycles. The summed E-state index contributed by atoms with van der Waals surface area (Å²) >= 11 is 0. The van der Waals surface area contributed by atoms with Gasteiger partial charge in [-0.05, 0) is 39.0 Å². The van der Waals surface area contributed by atoms with Crippen molar-refractivity contribution in [2.45, 2.75) is 59.5 Å². The highest BCUT2D eigenvalue weighted by atomic mass is 16.7. The molecule has 0 atom stereocenters. The third-order valence-corrected chi connectivity index (χ3v) is 8.06. The van der Waals surface area contributed by atoms with Crippen LogP contribution < -0.4 is 0 Å². The number of rotatable bonds is 7. The van der Waals surface area contributed by atoms with E-state index >= 15 is 0 Å². The third-order valence-electron chi connectivity index (χ3n) is 8.06. The topological polar surface area (TPSA) is 272 Å². The molecule has 0 saturated heterocycles. The number of nitro benzene ring substituents is 4. The van der Waals surface area contributed by atoms with Crippen LogP contribution in [0.25, 0.3) is 10.9 Å². The number of pyridine rings is 1. The number of nitrogens with zero attached hydrogens (tertiary/aromatic N) is 7. The van der Waals surface area contributed by atoms with E-state index in [-0.39, 0.29) is 27.7 Å². The summed E-state index contributed by atoms with van der Waals surface area (Å²) in [6.07, 6.45) is 1.62. The lowest BCUT2D eigenvalue weighted by atomic mass is 9.84. The van der Waals surface area contributed by atoms with Crippen LogP contribution in [0.15, 0.2) is 109 Å². The second kappa shape index (κ2) is 20.7. The van der Waals surface area contributed by atoms with Crippen molar-refractivity contribution in [1.82, 2.24) is 4.98 Å². The van der Waals surface area contributed by atoms with E-state index in [4.69, 9.17) is 0 Å². The van der Waals surface area contributed by atoms with Crippen molar-refractivity contribution in [3.8, 4) is 0 Å². The number of aromatic nitrogens is 1. The lowest BCUT2D eigenvalue weighted by Crippen LogP contribution is -2.55. The lowest BCUT2D eigenvalue weighted by molar-refractivity contribution is -0.673. The van der Waals surface area contributed by atoms with Crippen molar-refractivity contribution in [3.05, 3.63) is 187 Å². The van der Waals surface area contributed by atoms with Gasteiger partial charge in [-0.2, -0.15) is 0 Å². The number of para-hydroxylation sites is 2. The van der Waals surface area contributed by atoms with Gasteiger partial charge in [-0.15, -0.1) is 0 Å². The van der Waals surface area contributed by atoms with Gasteiger partial charge in [-0.1, -0.05) is 60.2 Å². The molecule has 5 rings (SSSR count). The van der Waals surface area contributed by atoms with Gasteiger partial charge in [0.1, 0.15) is 0 Å². The van der Waals surface area contributed by atoms with Crippen LogP contribution in [0.1, 0.15) is 44.4 Å². The summed E-state index contributed by atoms with van der Waals surface area (Å²) in [5, 5.41) is 62.7. The Morgan fingerprint density at radius 3 is 1.31 bits per heavy atom. The molecule has 55 heavy (non-hydrogen) atoms. The molecular formula is C36H39N7O12. The fourth-order valence-electron chi connectivity index (χ4n) is 4.00. The van der Waals surface area contributed by atoms with Crippen LogP contribution in [-0.2, 0) is 0 Å². The smallest absolute Gasteiger partial charge is 0.264 e. The molecule has 0 N–H and O–H groups in total. The Hall–Kier alpha value is -7.31. The standard InChI is InChI=1S/C9H6N2O2.C8H9NO2.C7H7NO2.C6H12N2O4.C6H5NO2/c12-11(13)9-5-1-4-8-7(9)3-2-6-10-8;1-6-4-3-5-7(2)8(6)9(10)11;1-6-2-4-7(5-3-6)8(9)10;1-5(2,7(9)10)6(3,4)8(11)12;8-7(9)6-4-2-1-3-5-6/h1-6H;3-5H,1-2H3;2-5H,1H3;1-4H3;1-5H. The van der Waals surface area contributed by atoms with Gasteiger partial charge in [0.15, 0.2) is 0 Å². The molecule has 0 bridgehead atoms. The molecule has 19 nitrogen and oxygen atoms in total. The fraction of sp³-hybridized carbons (Fsp3) is 0.250. The maximum absolute atomic E-state index is 10.6. The van der Waals surface area contributed by atoms with E-state index in [0.717, 1.165) is 16.7 Å². The normalized spacial score (nSPS) is 10.2. The minimum atomic E-state index is -1.56. The SMILES string of the molecule is CC(C)([N+](=O)[O-])C(C)(C)[N+](=O)[O-].Cc1ccc([N+](=O)[O-])cc1.Cc1cccc(C)c1[N+](=O)[O-].O=[N+]([O-])c1cccc2ncccc12.O=[N+]([O-])c1ccccc1. The molecule has 19 heteroatoms. The molecule has 1 aromatic heterocycles. The molecule has 0 spiro atoms. The first-order chi connectivity index (χ1) is 25.6. The molecule has 0 radical (unpaired) electrons. The van der Waals surface area contributed by atoms with E-state index in [9.17, 15) is 60.7 Å². The Kier molecular flexibility index (Phi) is 17.2. The van der Waals surface area contributed by atoms with Crippen molar-refractivity contribution < 1.29 is 29.5 Å². The number of benzene rings is 4. The first-order valence-electron chi connectivity index (χ1n) is 15.9. The van der Waals surface area contributed by atoms with Crippen molar-refractivity contribution >= 4 is 33.7 Å². The van der Waals surface area contributed by atoms with E-state index in [1.54, 1.807) is 86.8 Å². The predicted molar refractivity (Wildman–Crippen MR) is 204 cm³/mol. The number of fused-ring (bicyclic) bond motifs is 1. The highest BCUT2D eigenvalue weighted by molar-refractivity contribution is 5.87. The van der Waals surface area contributed by atoms with Crippen LogP contribution in [0.3, 0.4) is 0 Å². The number of hydrogen-bond acceptors (Lipinski definition) is 13. The van der Waals surface area contributed by atoms with Crippen LogP contribution >= 0.6 is 0 Å². The molecule has 290 valence electrons. The van der Waals surface area contributed by atoms with Crippen molar-refractivity contribution in [3.63, 3.8) is 0 Å². The summed E-state index contributed by atoms with van der Waals surface area (Å²) in [6.45, 7) is 10.4. The highest BCUT2D eigenvalue weighted by Gasteiger charge is 2.57. The lowest BCUT2D eigenvalue weighted by Gasteiger charge is -2.25. The summed E-state index contributed by atoms with van der Waals surface area (Å²) in [6, 6.07) is 27.9. The first kappa shape index (κ1) is 45.7. The zero-order chi connectivity index (χ0) is 42.1. The van der Waals surface area contributed by atoms with Gasteiger partial charge in [0.05, 0.1) is 30.6 Å². The molecule has 0 unspecified atom stereocenters. The second-order valence-corrected chi connectivity index (χ2v) is 12.4. The maximum atomic E-state index is 10.6. The van der Waals surface area contributed by atoms with E-state index in [2.05, 4.69) is 4.98 Å². The van der Waals surface area contributed by atoms with Crippen molar-refractivity contribution in [2.24, 2.45) is 0 Å². The number of hydrogen-bond donors (Lipinski definition) is 0. The maximum Gasteiger partial charge on any atom is 0.284 e. The number of aryl methyl sites for hydroxylation is 3. The molecule has 0 amide bonds. The van der Waals surface area contributed by atoms with E-state index in [1.807, 2.05) is 13.0 Å². The van der Waals surface area contributed by atoms with Gasteiger partial charge < -0.3 is 0 Å². The van der Waals surface area contributed by atoms with Gasteiger partial charge in [0, 0.05) is 85.2 Å². The summed E-state index contributed by atoms with van der Waals surface area (Å²) in [4.78, 5) is 63.3. The molecule has 5 aromatic rings. The monoisotopic (exact) mass is 761 g/mol. The Labute approximate surface area is 314 Å². The molecule has 0 aliphatic carbocycles. The van der Waals surface area contributed by atoms with Gasteiger partial charge in [0.25, 0.3) is 33.8 Å². The van der Waals surface area contributed by atoms with E-state index in [0.29, 0.717) is 10.9 Å². The highest BCUT2D eigenvalue weighted by Crippen LogP contribution is 2.27. The summed E-state index contributed by atoms with van der Waals surface area (Å²) in [5.74, 6) is 0. The zero-order valence-electron chi connectivity index (χ0n) is 30.9. The third kappa shape index (κ3) is 13.6. The zero-order valence-corrected chi connectivity index (χ0v) is 30.9. The predicted octanol–water partition coefficient (Wildman–Crippen LogP) is 8.95. The molecule has 0 saturated carbocycles. The Morgan fingerprint density at radius 1 is 0.473 bits per heavy atom. The first-order valence-corrected chi connectivity index (χ1v) is 15.9. The Morgan fingerprint density at radius 2 is 0.927 bits per heavy atom. The Balaban J connectivity index is 0.000000346.